The third-order valence-electron chi connectivity index (χ3n) is 3.89. The molecule has 120 valence electrons. The first-order valence-corrected chi connectivity index (χ1v) is 7.23. The van der Waals surface area contributed by atoms with Crippen LogP contribution in [0.15, 0.2) is 22.8 Å². The molecule has 3 N–H and O–H groups in total. The first kappa shape index (κ1) is 16.0. The van der Waals surface area contributed by atoms with Crippen LogP contribution in [0.1, 0.15) is 17.5 Å². The van der Waals surface area contributed by atoms with Crippen molar-refractivity contribution in [1.29, 1.82) is 0 Å². The molecule has 2 rings (SSSR count). The second-order valence-electron chi connectivity index (χ2n) is 5.22. The normalized spacial score (nSPS) is 16.9. The summed E-state index contributed by atoms with van der Waals surface area (Å²) in [4.78, 5) is 38.0. The van der Waals surface area contributed by atoms with Crippen LogP contribution in [0.4, 0.5) is 4.79 Å². The number of furan rings is 1. The van der Waals surface area contributed by atoms with Crippen LogP contribution in [-0.4, -0.2) is 62.0 Å². The molecule has 0 radical (unpaired) electrons. The van der Waals surface area contributed by atoms with Crippen molar-refractivity contribution in [2.75, 3.05) is 33.2 Å². The van der Waals surface area contributed by atoms with Gasteiger partial charge in [-0.3, -0.25) is 14.9 Å². The van der Waals surface area contributed by atoms with Crippen molar-refractivity contribution in [3.63, 3.8) is 0 Å². The molecule has 1 aromatic heterocycles. The van der Waals surface area contributed by atoms with Gasteiger partial charge in [-0.25, -0.2) is 4.79 Å². The first-order valence-electron chi connectivity index (χ1n) is 7.23. The second kappa shape index (κ2) is 7.08. The van der Waals surface area contributed by atoms with E-state index in [2.05, 4.69) is 10.6 Å². The molecule has 0 saturated carbocycles. The minimum atomic E-state index is -0.511. The Morgan fingerprint density at radius 2 is 2.00 bits per heavy atom. The summed E-state index contributed by atoms with van der Waals surface area (Å²) < 4.78 is 5.11. The zero-order valence-corrected chi connectivity index (χ0v) is 12.7. The number of amides is 4. The molecule has 0 aromatic carbocycles. The molecule has 0 spiro atoms. The van der Waals surface area contributed by atoms with Crippen molar-refractivity contribution < 1.29 is 23.7 Å². The maximum absolute atomic E-state index is 12.1. The van der Waals surface area contributed by atoms with Crippen LogP contribution in [0.5, 0.6) is 0 Å². The Bertz CT molecular complexity index is 535. The van der Waals surface area contributed by atoms with Crippen molar-refractivity contribution in [3.8, 4) is 0 Å². The van der Waals surface area contributed by atoms with E-state index >= 15 is 0 Å². The number of quaternary nitrogens is 1. The largest absolute Gasteiger partial charge is 0.459 e. The molecule has 1 fully saturated rings. The van der Waals surface area contributed by atoms with Gasteiger partial charge < -0.3 is 19.5 Å². The van der Waals surface area contributed by atoms with Crippen molar-refractivity contribution in [2.24, 2.45) is 0 Å². The monoisotopic (exact) mass is 309 g/mol. The van der Waals surface area contributed by atoms with E-state index in [1.54, 1.807) is 24.0 Å². The highest BCUT2D eigenvalue weighted by Crippen LogP contribution is 2.05. The first-order chi connectivity index (χ1) is 10.5. The summed E-state index contributed by atoms with van der Waals surface area (Å²) in [6.07, 6.45) is 1.47. The number of urea groups is 1. The Kier molecular flexibility index (Phi) is 5.16. The van der Waals surface area contributed by atoms with E-state index in [0.717, 1.165) is 4.90 Å². The van der Waals surface area contributed by atoms with Gasteiger partial charge in [-0.15, -0.1) is 0 Å². The van der Waals surface area contributed by atoms with Gasteiger partial charge in [-0.2, -0.15) is 0 Å². The minimum Gasteiger partial charge on any atom is -0.459 e. The Hall–Kier alpha value is -2.35. The molecule has 1 aliphatic heterocycles. The van der Waals surface area contributed by atoms with Gasteiger partial charge in [0.25, 0.3) is 11.8 Å². The molecule has 0 unspecified atom stereocenters. The van der Waals surface area contributed by atoms with Gasteiger partial charge in [0.2, 0.25) is 0 Å². The fourth-order valence-corrected chi connectivity index (χ4v) is 2.45. The summed E-state index contributed by atoms with van der Waals surface area (Å²) in [5.74, 6) is -0.125. The lowest BCUT2D eigenvalue weighted by atomic mass is 10.2. The molecule has 22 heavy (non-hydrogen) atoms. The number of nitrogens with one attached hydrogen (secondary N) is 3. The smallest absolute Gasteiger partial charge is 0.321 e. The average molecular weight is 309 g/mol. The Morgan fingerprint density at radius 3 is 2.55 bits per heavy atom. The zero-order valence-electron chi connectivity index (χ0n) is 12.7. The van der Waals surface area contributed by atoms with E-state index in [-0.39, 0.29) is 17.9 Å². The average Bonchev–Trinajstić information content (AvgIpc) is 3.07. The van der Waals surface area contributed by atoms with Crippen molar-refractivity contribution >= 4 is 17.8 Å². The summed E-state index contributed by atoms with van der Waals surface area (Å²) in [6.45, 7) is 4.17. The van der Waals surface area contributed by atoms with E-state index in [1.165, 1.54) is 13.3 Å². The molecule has 0 bridgehead atoms. The van der Waals surface area contributed by atoms with Gasteiger partial charge >= 0.3 is 6.03 Å². The fraction of sp³-hybridized carbons (Fsp3) is 0.500. The lowest BCUT2D eigenvalue weighted by molar-refractivity contribution is -0.917. The van der Waals surface area contributed by atoms with E-state index in [0.29, 0.717) is 31.9 Å². The number of hydrogen-bond donors (Lipinski definition) is 3. The van der Waals surface area contributed by atoms with Gasteiger partial charge in [0.05, 0.1) is 32.4 Å². The van der Waals surface area contributed by atoms with Gasteiger partial charge in [-0.05, 0) is 19.1 Å². The summed E-state index contributed by atoms with van der Waals surface area (Å²) in [5, 5.41) is 4.63. The standard InChI is InChI=1S/C14H20N4O4/c1-10(12(19)16-14(21)15-2)17-5-7-18(8-6-17)13(20)11-4-3-9-22-11/h3-4,9-10H,5-8H2,1-2H3,(H2,15,16,19,21)/p+1/t10-/m0/s1. The molecule has 2 heterocycles. The predicted octanol–water partition coefficient (Wildman–Crippen LogP) is -1.54. The number of nitrogens with zero attached hydrogens (tertiary/aromatic N) is 1. The summed E-state index contributed by atoms with van der Waals surface area (Å²) in [6, 6.07) is 2.46. The van der Waals surface area contributed by atoms with Crippen molar-refractivity contribution in [2.45, 2.75) is 13.0 Å². The number of imide groups is 1. The molecule has 0 aliphatic carbocycles. The summed E-state index contributed by atoms with van der Waals surface area (Å²) in [7, 11) is 1.46. The maximum Gasteiger partial charge on any atom is 0.321 e. The second-order valence-corrected chi connectivity index (χ2v) is 5.22. The van der Waals surface area contributed by atoms with Gasteiger partial charge in [0.1, 0.15) is 0 Å². The van der Waals surface area contributed by atoms with Crippen LogP contribution < -0.4 is 15.5 Å². The predicted molar refractivity (Wildman–Crippen MR) is 77.4 cm³/mol. The molecular weight excluding hydrogens is 288 g/mol. The molecule has 1 aromatic rings. The number of rotatable bonds is 3. The zero-order chi connectivity index (χ0) is 16.1. The highest BCUT2D eigenvalue weighted by Gasteiger charge is 2.32. The van der Waals surface area contributed by atoms with Crippen LogP contribution in [0.3, 0.4) is 0 Å². The van der Waals surface area contributed by atoms with Gasteiger partial charge in [-0.1, -0.05) is 0 Å². The lowest BCUT2D eigenvalue weighted by Gasteiger charge is -2.34. The highest BCUT2D eigenvalue weighted by atomic mass is 16.3. The highest BCUT2D eigenvalue weighted by molar-refractivity contribution is 5.96. The fourth-order valence-electron chi connectivity index (χ4n) is 2.45. The number of hydrogen-bond acceptors (Lipinski definition) is 4. The molecule has 4 amide bonds. The molecular formula is C14H21N4O4+. The minimum absolute atomic E-state index is 0.133. The molecule has 8 heteroatoms. The van der Waals surface area contributed by atoms with Crippen LogP contribution in [0.25, 0.3) is 0 Å². The lowest BCUT2D eigenvalue weighted by Crippen LogP contribution is -3.19. The third kappa shape index (κ3) is 3.64. The van der Waals surface area contributed by atoms with E-state index in [9.17, 15) is 14.4 Å². The molecule has 1 atom stereocenters. The summed E-state index contributed by atoms with van der Waals surface area (Å²) in [5.41, 5.74) is 0. The molecule has 8 nitrogen and oxygen atoms in total. The Labute approximate surface area is 128 Å². The van der Waals surface area contributed by atoms with Crippen molar-refractivity contribution in [3.05, 3.63) is 24.2 Å². The maximum atomic E-state index is 12.1. The van der Waals surface area contributed by atoms with Crippen LogP contribution >= 0.6 is 0 Å². The quantitative estimate of drug-likeness (QED) is 0.631. The number of carbonyl (C=O) groups is 3. The van der Waals surface area contributed by atoms with Crippen molar-refractivity contribution in [1.82, 2.24) is 15.5 Å². The van der Waals surface area contributed by atoms with Crippen LogP contribution in [-0.2, 0) is 4.79 Å². The Morgan fingerprint density at radius 1 is 1.32 bits per heavy atom. The van der Waals surface area contributed by atoms with E-state index < -0.39 is 6.03 Å². The van der Waals surface area contributed by atoms with Gasteiger partial charge in [0, 0.05) is 7.05 Å². The molecule has 1 aliphatic rings. The number of piperazine rings is 1. The Balaban J connectivity index is 1.85. The van der Waals surface area contributed by atoms with Crippen LogP contribution in [0.2, 0.25) is 0 Å². The summed E-state index contributed by atoms with van der Waals surface area (Å²) >= 11 is 0. The third-order valence-corrected chi connectivity index (χ3v) is 3.89. The van der Waals surface area contributed by atoms with E-state index in [4.69, 9.17) is 4.42 Å². The SMILES string of the molecule is CNC(=O)NC(=O)[C@H](C)[NH+]1CCN(C(=O)c2ccco2)CC1. The molecule has 1 saturated heterocycles. The van der Waals surface area contributed by atoms with Gasteiger partial charge in [0.15, 0.2) is 11.8 Å². The number of carbonyl (C=O) groups excluding carboxylic acids is 3. The van der Waals surface area contributed by atoms with E-state index in [1.807, 2.05) is 0 Å². The topological polar surface area (TPSA) is 96.1 Å². The van der Waals surface area contributed by atoms with Crippen LogP contribution in [0, 0.1) is 0 Å².